The Morgan fingerprint density at radius 2 is 1.23 bits per heavy atom. The molecule has 3 aliphatic heterocycles. The second-order valence-corrected chi connectivity index (χ2v) is 10.7. The third-order valence-electron chi connectivity index (χ3n) is 7.83. The first-order valence-electron chi connectivity index (χ1n) is 14.8. The van der Waals surface area contributed by atoms with Crippen LogP contribution in [-0.2, 0) is 14.2 Å². The zero-order valence-electron chi connectivity index (χ0n) is 24.7. The largest absolute Gasteiger partial charge is 0.490 e. The number of rotatable bonds is 5. The number of nitrogen functional groups attached to an aromatic ring is 2. The highest BCUT2D eigenvalue weighted by molar-refractivity contribution is 5.94. The molecular weight excluding hydrogens is 554 g/mol. The molecule has 0 spiro atoms. The van der Waals surface area contributed by atoms with Crippen molar-refractivity contribution < 1.29 is 33.3 Å². The van der Waals surface area contributed by atoms with Gasteiger partial charge in [0.05, 0.1) is 55.0 Å². The molecule has 3 heterocycles. The van der Waals surface area contributed by atoms with E-state index in [0.29, 0.717) is 71.7 Å². The average Bonchev–Trinajstić information content (AvgIpc) is 3.22. The average molecular weight is 596 g/mol. The molecule has 0 radical (unpaired) electrons. The van der Waals surface area contributed by atoms with E-state index in [1.165, 1.54) is 0 Å². The number of nitrogens with two attached hydrogens (primary N) is 2. The van der Waals surface area contributed by atoms with E-state index in [4.69, 9.17) is 35.2 Å². The summed E-state index contributed by atoms with van der Waals surface area (Å²) in [5.41, 5.74) is 15.4. The van der Waals surface area contributed by atoms with Gasteiger partial charge >= 0.3 is 11.9 Å². The van der Waals surface area contributed by atoms with E-state index < -0.39 is 11.9 Å². The van der Waals surface area contributed by atoms with Gasteiger partial charge in [0, 0.05) is 25.2 Å². The number of nitrogens with zero attached hydrogens (tertiary/aromatic N) is 1. The first-order chi connectivity index (χ1) is 20.9. The molecule has 2 saturated heterocycles. The zero-order valence-corrected chi connectivity index (χ0v) is 24.7. The standard InChI is InChI=1S/C31H41N5O7/c1-3-40-30(37)19-11-24(32)28-26(13-19)42-17-23(36-21-7-8-22(36)16-39-15-21)18-43-27-14-20(31(38)41-4-2)12-25(33)29(27)35-10-6-5-9-34-28/h5-6,11-14,21-23,34-35H,3-4,7-10,15-18,32-33H2,1-2H3/b6-5+. The van der Waals surface area contributed by atoms with Gasteiger partial charge in [0.15, 0.2) is 0 Å². The number of morpholine rings is 1. The number of carbonyl (C=O) groups is 2. The van der Waals surface area contributed by atoms with Gasteiger partial charge in [-0.2, -0.15) is 0 Å². The number of fused-ring (bicyclic) bond motifs is 4. The fourth-order valence-electron chi connectivity index (χ4n) is 5.88. The molecule has 232 valence electrons. The van der Waals surface area contributed by atoms with Crippen LogP contribution in [0.3, 0.4) is 0 Å². The number of esters is 2. The highest BCUT2D eigenvalue weighted by atomic mass is 16.5. The molecule has 2 aromatic rings. The maximum atomic E-state index is 12.6. The van der Waals surface area contributed by atoms with Crippen molar-refractivity contribution in [2.24, 2.45) is 0 Å². The van der Waals surface area contributed by atoms with E-state index in [-0.39, 0.29) is 44.6 Å². The number of ether oxygens (including phenoxy) is 5. The molecule has 0 amide bonds. The number of benzene rings is 2. The van der Waals surface area contributed by atoms with Crippen molar-refractivity contribution in [3.63, 3.8) is 0 Å². The Kier molecular flexibility index (Phi) is 9.78. The fraction of sp³-hybridized carbons (Fsp3) is 0.484. The van der Waals surface area contributed by atoms with Crippen molar-refractivity contribution in [1.82, 2.24) is 4.90 Å². The van der Waals surface area contributed by atoms with Crippen molar-refractivity contribution in [3.05, 3.63) is 47.5 Å². The molecular formula is C31H41N5O7. The molecule has 12 heteroatoms. The van der Waals surface area contributed by atoms with Gasteiger partial charge in [-0.25, -0.2) is 9.59 Å². The third kappa shape index (κ3) is 6.91. The molecule has 43 heavy (non-hydrogen) atoms. The van der Waals surface area contributed by atoms with E-state index >= 15 is 0 Å². The molecule has 12 nitrogen and oxygen atoms in total. The molecule has 3 aliphatic rings. The fourth-order valence-corrected chi connectivity index (χ4v) is 5.88. The van der Waals surface area contributed by atoms with E-state index in [1.807, 2.05) is 12.2 Å². The normalized spacial score (nSPS) is 21.7. The molecule has 0 aromatic heterocycles. The molecule has 2 atom stereocenters. The van der Waals surface area contributed by atoms with Gasteiger partial charge in [-0.3, -0.25) is 4.90 Å². The predicted molar refractivity (Wildman–Crippen MR) is 164 cm³/mol. The van der Waals surface area contributed by atoms with E-state index in [1.54, 1.807) is 38.1 Å². The van der Waals surface area contributed by atoms with Crippen molar-refractivity contribution in [2.45, 2.75) is 44.8 Å². The topological polar surface area (TPSA) is 160 Å². The maximum Gasteiger partial charge on any atom is 0.338 e. The minimum atomic E-state index is -0.472. The summed E-state index contributed by atoms with van der Waals surface area (Å²) in [4.78, 5) is 27.6. The number of hydrogen-bond donors (Lipinski definition) is 4. The SMILES string of the molecule is CCOC(=O)c1cc(N)c2c(c1)OCC(N1C3CCC1COC3)COc1cc(C(=O)OCC)cc(N)c1NC/C=C/CN2. The van der Waals surface area contributed by atoms with Crippen LogP contribution in [0.25, 0.3) is 0 Å². The van der Waals surface area contributed by atoms with E-state index in [2.05, 4.69) is 15.5 Å². The minimum Gasteiger partial charge on any atom is -0.490 e. The molecule has 5 rings (SSSR count). The Morgan fingerprint density at radius 3 is 1.67 bits per heavy atom. The number of nitrogens with one attached hydrogen (secondary N) is 2. The Hall–Kier alpha value is -4.16. The van der Waals surface area contributed by atoms with Crippen LogP contribution in [0.4, 0.5) is 22.7 Å². The number of carbonyl (C=O) groups excluding carboxylic acids is 2. The Labute approximate surface area is 251 Å². The molecule has 2 unspecified atom stereocenters. The lowest BCUT2D eigenvalue weighted by Gasteiger charge is -2.40. The summed E-state index contributed by atoms with van der Waals surface area (Å²) in [6, 6.07) is 6.77. The van der Waals surface area contributed by atoms with Crippen LogP contribution in [0.2, 0.25) is 0 Å². The van der Waals surface area contributed by atoms with Crippen molar-refractivity contribution >= 4 is 34.7 Å². The second-order valence-electron chi connectivity index (χ2n) is 10.7. The smallest absolute Gasteiger partial charge is 0.338 e. The second kappa shape index (κ2) is 13.9. The van der Waals surface area contributed by atoms with Gasteiger partial charge in [0.25, 0.3) is 0 Å². The Morgan fingerprint density at radius 1 is 0.767 bits per heavy atom. The zero-order chi connectivity index (χ0) is 30.3. The van der Waals surface area contributed by atoms with Gasteiger partial charge in [0.1, 0.15) is 36.1 Å². The minimum absolute atomic E-state index is 0.190. The molecule has 0 aliphatic carbocycles. The summed E-state index contributed by atoms with van der Waals surface area (Å²) in [5, 5.41) is 6.66. The van der Waals surface area contributed by atoms with Crippen molar-refractivity contribution in [1.29, 1.82) is 0 Å². The molecule has 2 fully saturated rings. The lowest BCUT2D eigenvalue weighted by Crippen LogP contribution is -2.55. The summed E-state index contributed by atoms with van der Waals surface area (Å²) < 4.78 is 29.2. The van der Waals surface area contributed by atoms with Crippen LogP contribution in [0.5, 0.6) is 11.5 Å². The Bertz CT molecular complexity index is 1250. The van der Waals surface area contributed by atoms with Gasteiger partial charge in [-0.05, 0) is 51.0 Å². The maximum absolute atomic E-state index is 12.6. The summed E-state index contributed by atoms with van der Waals surface area (Å²) in [7, 11) is 0. The summed E-state index contributed by atoms with van der Waals surface area (Å²) in [6.45, 7) is 6.68. The first-order valence-corrected chi connectivity index (χ1v) is 14.8. The molecule has 0 saturated carbocycles. The van der Waals surface area contributed by atoms with Crippen LogP contribution >= 0.6 is 0 Å². The van der Waals surface area contributed by atoms with E-state index in [9.17, 15) is 9.59 Å². The molecule has 2 bridgehead atoms. The van der Waals surface area contributed by atoms with Crippen molar-refractivity contribution in [2.75, 3.05) is 74.8 Å². The summed E-state index contributed by atoms with van der Waals surface area (Å²) in [5.74, 6) is -0.0473. The monoisotopic (exact) mass is 595 g/mol. The van der Waals surface area contributed by atoms with Crippen LogP contribution in [0.1, 0.15) is 47.4 Å². The summed E-state index contributed by atoms with van der Waals surface area (Å²) in [6.07, 6.45) is 5.91. The van der Waals surface area contributed by atoms with Crippen LogP contribution < -0.4 is 31.6 Å². The highest BCUT2D eigenvalue weighted by Crippen LogP contribution is 2.37. The quantitative estimate of drug-likeness (QED) is 0.227. The van der Waals surface area contributed by atoms with Crippen LogP contribution in [0.15, 0.2) is 36.4 Å². The van der Waals surface area contributed by atoms with Crippen LogP contribution in [0, 0.1) is 0 Å². The lowest BCUT2D eigenvalue weighted by molar-refractivity contribution is -0.0535. The number of anilines is 4. The summed E-state index contributed by atoms with van der Waals surface area (Å²) >= 11 is 0. The van der Waals surface area contributed by atoms with Gasteiger partial charge in [0.2, 0.25) is 0 Å². The third-order valence-corrected chi connectivity index (χ3v) is 7.83. The van der Waals surface area contributed by atoms with Crippen LogP contribution in [-0.4, -0.2) is 87.7 Å². The van der Waals surface area contributed by atoms with Gasteiger partial charge < -0.3 is 45.8 Å². The van der Waals surface area contributed by atoms with E-state index in [0.717, 1.165) is 12.8 Å². The highest BCUT2D eigenvalue weighted by Gasteiger charge is 2.42. The predicted octanol–water partition coefficient (Wildman–Crippen LogP) is 3.29. The molecule has 2 aromatic carbocycles. The Balaban J connectivity index is 1.50. The first kappa shape index (κ1) is 30.3. The molecule has 6 N–H and O–H groups in total. The van der Waals surface area contributed by atoms with Crippen molar-refractivity contribution in [3.8, 4) is 11.5 Å². The van der Waals surface area contributed by atoms with Gasteiger partial charge in [-0.15, -0.1) is 0 Å². The number of hydrogen-bond acceptors (Lipinski definition) is 12. The van der Waals surface area contributed by atoms with Gasteiger partial charge in [-0.1, -0.05) is 12.2 Å². The lowest BCUT2D eigenvalue weighted by atomic mass is 10.1.